The Labute approximate surface area is 154 Å². The predicted molar refractivity (Wildman–Crippen MR) is 94.3 cm³/mol. The average Bonchev–Trinajstić information content (AvgIpc) is 2.70. The molecule has 0 radical (unpaired) electrons. The van der Waals surface area contributed by atoms with Gasteiger partial charge in [0.1, 0.15) is 5.69 Å². The first-order chi connectivity index (χ1) is 13.0. The Hall–Kier alpha value is -2.65. The molecular formula is C18H19F3N4O2. The summed E-state index contributed by atoms with van der Waals surface area (Å²) in [4.78, 5) is 18.4. The second kappa shape index (κ2) is 8.83. The third kappa shape index (κ3) is 4.95. The summed E-state index contributed by atoms with van der Waals surface area (Å²) in [7, 11) is 0. The number of hydrogen-bond donors (Lipinski definition) is 2. The van der Waals surface area contributed by atoms with Crippen LogP contribution in [0.2, 0.25) is 0 Å². The van der Waals surface area contributed by atoms with E-state index in [1.165, 1.54) is 12.3 Å². The smallest absolute Gasteiger partial charge is 0.274 e. The van der Waals surface area contributed by atoms with Gasteiger partial charge in [-0.1, -0.05) is 0 Å². The number of morpholine rings is 1. The predicted octanol–water partition coefficient (Wildman–Crippen LogP) is 2.50. The first kappa shape index (κ1) is 19.1. The highest BCUT2D eigenvalue weighted by Gasteiger charge is 2.16. The molecule has 0 aliphatic carbocycles. The van der Waals surface area contributed by atoms with Crippen molar-refractivity contribution in [2.45, 2.75) is 0 Å². The molecule has 1 fully saturated rings. The lowest BCUT2D eigenvalue weighted by atomic mass is 10.2. The van der Waals surface area contributed by atoms with Gasteiger partial charge in [0.15, 0.2) is 17.5 Å². The highest BCUT2D eigenvalue weighted by Crippen LogP contribution is 2.20. The van der Waals surface area contributed by atoms with Crippen LogP contribution in [-0.2, 0) is 4.74 Å². The molecule has 0 bridgehead atoms. The second-order valence-corrected chi connectivity index (χ2v) is 5.99. The fourth-order valence-corrected chi connectivity index (χ4v) is 2.62. The maximum Gasteiger partial charge on any atom is 0.274 e. The van der Waals surface area contributed by atoms with Crippen LogP contribution in [-0.4, -0.2) is 55.2 Å². The van der Waals surface area contributed by atoms with Crippen LogP contribution in [0.5, 0.6) is 0 Å². The van der Waals surface area contributed by atoms with Gasteiger partial charge >= 0.3 is 0 Å². The minimum absolute atomic E-state index is 0.0258. The molecule has 2 heterocycles. The molecule has 2 N–H and O–H groups in total. The molecule has 1 aromatic heterocycles. The van der Waals surface area contributed by atoms with E-state index in [-0.39, 0.29) is 5.69 Å². The van der Waals surface area contributed by atoms with Crippen molar-refractivity contribution in [3.63, 3.8) is 0 Å². The highest BCUT2D eigenvalue weighted by molar-refractivity contribution is 6.03. The number of ether oxygens (including phenoxy) is 1. The SMILES string of the molecule is O=C(Nc1ccc(F)c(F)c1F)c1ccc(NCCN2CCOCC2)cn1. The van der Waals surface area contributed by atoms with Crippen LogP contribution in [0.4, 0.5) is 24.5 Å². The van der Waals surface area contributed by atoms with Crippen LogP contribution in [0.15, 0.2) is 30.5 Å². The summed E-state index contributed by atoms with van der Waals surface area (Å²) in [6, 6.07) is 4.82. The van der Waals surface area contributed by atoms with Gasteiger partial charge in [0.25, 0.3) is 5.91 Å². The van der Waals surface area contributed by atoms with Crippen molar-refractivity contribution in [2.24, 2.45) is 0 Å². The number of anilines is 2. The fourth-order valence-electron chi connectivity index (χ4n) is 2.62. The van der Waals surface area contributed by atoms with Crippen molar-refractivity contribution in [2.75, 3.05) is 50.0 Å². The van der Waals surface area contributed by atoms with Gasteiger partial charge in [0.05, 0.1) is 30.8 Å². The van der Waals surface area contributed by atoms with Crippen molar-refractivity contribution in [1.29, 1.82) is 0 Å². The van der Waals surface area contributed by atoms with E-state index in [0.29, 0.717) is 6.54 Å². The molecule has 0 unspecified atom stereocenters. The molecule has 27 heavy (non-hydrogen) atoms. The molecule has 3 rings (SSSR count). The number of halogens is 3. The number of pyridine rings is 1. The van der Waals surface area contributed by atoms with Crippen LogP contribution in [0.3, 0.4) is 0 Å². The lowest BCUT2D eigenvalue weighted by molar-refractivity contribution is 0.0398. The van der Waals surface area contributed by atoms with Gasteiger partial charge in [-0.3, -0.25) is 9.69 Å². The molecule has 9 heteroatoms. The lowest BCUT2D eigenvalue weighted by Crippen LogP contribution is -2.39. The van der Waals surface area contributed by atoms with Crippen molar-refractivity contribution in [3.8, 4) is 0 Å². The molecule has 1 aliphatic heterocycles. The zero-order chi connectivity index (χ0) is 19.2. The number of nitrogens with zero attached hydrogens (tertiary/aromatic N) is 2. The molecule has 2 aromatic rings. The van der Waals surface area contributed by atoms with E-state index >= 15 is 0 Å². The molecule has 0 saturated carbocycles. The van der Waals surface area contributed by atoms with Gasteiger partial charge in [-0.05, 0) is 24.3 Å². The van der Waals surface area contributed by atoms with Crippen molar-refractivity contribution in [3.05, 3.63) is 53.6 Å². The zero-order valence-corrected chi connectivity index (χ0v) is 14.5. The number of aromatic nitrogens is 1. The van der Waals surface area contributed by atoms with Gasteiger partial charge in [-0.25, -0.2) is 18.2 Å². The Morgan fingerprint density at radius 3 is 2.59 bits per heavy atom. The lowest BCUT2D eigenvalue weighted by Gasteiger charge is -2.26. The molecule has 0 spiro atoms. The third-order valence-electron chi connectivity index (χ3n) is 4.14. The first-order valence-corrected chi connectivity index (χ1v) is 8.49. The summed E-state index contributed by atoms with van der Waals surface area (Å²) in [6.45, 7) is 4.86. The summed E-state index contributed by atoms with van der Waals surface area (Å²) >= 11 is 0. The third-order valence-corrected chi connectivity index (χ3v) is 4.14. The Balaban J connectivity index is 1.53. The number of carbonyl (C=O) groups is 1. The van der Waals surface area contributed by atoms with Gasteiger partial charge in [0, 0.05) is 26.2 Å². The van der Waals surface area contributed by atoms with E-state index in [1.54, 1.807) is 6.07 Å². The fraction of sp³-hybridized carbons (Fsp3) is 0.333. The minimum Gasteiger partial charge on any atom is -0.383 e. The van der Waals surface area contributed by atoms with Crippen LogP contribution in [0, 0.1) is 17.5 Å². The van der Waals surface area contributed by atoms with Gasteiger partial charge in [-0.2, -0.15) is 0 Å². The molecule has 1 amide bonds. The van der Waals surface area contributed by atoms with Crippen molar-refractivity contribution in [1.82, 2.24) is 9.88 Å². The number of rotatable bonds is 6. The van der Waals surface area contributed by atoms with Gasteiger partial charge in [0.2, 0.25) is 0 Å². The highest BCUT2D eigenvalue weighted by atomic mass is 19.2. The van der Waals surface area contributed by atoms with E-state index in [1.807, 2.05) is 0 Å². The summed E-state index contributed by atoms with van der Waals surface area (Å²) in [5, 5.41) is 5.38. The molecule has 1 saturated heterocycles. The largest absolute Gasteiger partial charge is 0.383 e. The Bertz CT molecular complexity index is 796. The number of hydrogen-bond acceptors (Lipinski definition) is 5. The Morgan fingerprint density at radius 1 is 1.11 bits per heavy atom. The number of nitrogens with one attached hydrogen (secondary N) is 2. The van der Waals surface area contributed by atoms with Crippen molar-refractivity contribution < 1.29 is 22.7 Å². The molecule has 144 valence electrons. The van der Waals surface area contributed by atoms with E-state index in [9.17, 15) is 18.0 Å². The maximum atomic E-state index is 13.6. The Kier molecular flexibility index (Phi) is 6.25. The number of carbonyl (C=O) groups excluding carboxylic acids is 1. The average molecular weight is 380 g/mol. The Morgan fingerprint density at radius 2 is 1.89 bits per heavy atom. The number of amides is 1. The zero-order valence-electron chi connectivity index (χ0n) is 14.5. The number of benzene rings is 1. The second-order valence-electron chi connectivity index (χ2n) is 5.99. The van der Waals surface area contributed by atoms with Gasteiger partial charge in [-0.15, -0.1) is 0 Å². The minimum atomic E-state index is -1.64. The van der Waals surface area contributed by atoms with E-state index in [2.05, 4.69) is 20.5 Å². The van der Waals surface area contributed by atoms with E-state index in [4.69, 9.17) is 4.74 Å². The first-order valence-electron chi connectivity index (χ1n) is 8.49. The normalized spacial score (nSPS) is 14.8. The quantitative estimate of drug-likeness (QED) is 0.754. The molecule has 1 aromatic carbocycles. The summed E-state index contributed by atoms with van der Waals surface area (Å²) in [5.41, 5.74) is 0.310. The van der Waals surface area contributed by atoms with E-state index in [0.717, 1.165) is 50.7 Å². The van der Waals surface area contributed by atoms with Crippen molar-refractivity contribution >= 4 is 17.3 Å². The molecular weight excluding hydrogens is 361 g/mol. The van der Waals surface area contributed by atoms with Gasteiger partial charge < -0.3 is 15.4 Å². The van der Waals surface area contributed by atoms with Crippen LogP contribution >= 0.6 is 0 Å². The van der Waals surface area contributed by atoms with Crippen LogP contribution in [0.25, 0.3) is 0 Å². The molecule has 0 atom stereocenters. The standard InChI is InChI=1S/C18H19F3N4O2/c19-13-2-4-14(17(21)16(13)20)24-18(26)15-3-1-12(11-23-15)22-5-6-25-7-9-27-10-8-25/h1-4,11,22H,5-10H2,(H,24,26). The van der Waals surface area contributed by atoms with Crippen LogP contribution in [0.1, 0.15) is 10.5 Å². The van der Waals surface area contributed by atoms with Crippen LogP contribution < -0.4 is 10.6 Å². The monoisotopic (exact) mass is 380 g/mol. The summed E-state index contributed by atoms with van der Waals surface area (Å²) in [5.74, 6) is -5.14. The summed E-state index contributed by atoms with van der Waals surface area (Å²) < 4.78 is 45.1. The summed E-state index contributed by atoms with van der Waals surface area (Å²) in [6.07, 6.45) is 1.48. The molecule has 6 nitrogen and oxygen atoms in total. The van der Waals surface area contributed by atoms with E-state index < -0.39 is 29.0 Å². The maximum absolute atomic E-state index is 13.6. The molecule has 1 aliphatic rings. The topological polar surface area (TPSA) is 66.5 Å².